The third-order valence-corrected chi connectivity index (χ3v) is 7.96. The molecule has 0 bridgehead atoms. The van der Waals surface area contributed by atoms with Crippen LogP contribution in [0, 0.1) is 17.1 Å². The molecule has 3 heterocycles. The Hall–Kier alpha value is -4.30. The third-order valence-electron chi connectivity index (χ3n) is 6.59. The van der Waals surface area contributed by atoms with E-state index in [1.54, 1.807) is 23.5 Å². The summed E-state index contributed by atoms with van der Waals surface area (Å²) in [6.45, 7) is 4.08. The number of rotatable bonds is 7. The minimum atomic E-state index is -0.538. The Kier molecular flexibility index (Phi) is 7.17. The average molecular weight is 604 g/mol. The van der Waals surface area contributed by atoms with Crippen LogP contribution in [0.2, 0.25) is 10.0 Å². The van der Waals surface area contributed by atoms with Gasteiger partial charge in [0.2, 0.25) is 0 Å². The van der Waals surface area contributed by atoms with Crippen molar-refractivity contribution in [3.05, 3.63) is 99.1 Å². The van der Waals surface area contributed by atoms with Crippen molar-refractivity contribution in [2.75, 3.05) is 10.6 Å². The molecule has 0 aliphatic rings. The number of hydrogen-bond acceptors (Lipinski definition) is 8. The first-order chi connectivity index (χ1) is 19.8. The van der Waals surface area contributed by atoms with Crippen LogP contribution in [0.4, 0.5) is 21.5 Å². The molecule has 0 saturated heterocycles. The molecule has 0 saturated carbocycles. The van der Waals surface area contributed by atoms with E-state index in [9.17, 15) is 9.65 Å². The average Bonchev–Trinajstić information content (AvgIpc) is 3.64. The van der Waals surface area contributed by atoms with Crippen molar-refractivity contribution >= 4 is 72.7 Å². The molecule has 1 atom stereocenters. The van der Waals surface area contributed by atoms with E-state index < -0.39 is 5.82 Å². The standard InChI is InChI=1S/C29H21Cl2FN8S/c1-15(2)40-13-25(38-39-40)28(16-3-6-24-26(7-16)41-14-35-24)37-19-8-20-27(36-18-4-5-23(32)21(30)9-18)17(11-33)12-34-29(20)22(31)10-19/h3-10,12-15,28,37H,1-2H3,(H,34,36)/t28-/m0/s1. The molecular weight excluding hydrogens is 582 g/mol. The second-order valence-electron chi connectivity index (χ2n) is 9.64. The van der Waals surface area contributed by atoms with Crippen LogP contribution in [-0.2, 0) is 0 Å². The molecule has 0 radical (unpaired) electrons. The Labute approximate surface area is 248 Å². The van der Waals surface area contributed by atoms with Crippen molar-refractivity contribution < 1.29 is 4.39 Å². The van der Waals surface area contributed by atoms with Crippen LogP contribution in [0.25, 0.3) is 21.1 Å². The summed E-state index contributed by atoms with van der Waals surface area (Å²) < 4.78 is 16.7. The number of pyridine rings is 1. The van der Waals surface area contributed by atoms with Gasteiger partial charge in [0.15, 0.2) is 0 Å². The van der Waals surface area contributed by atoms with E-state index in [2.05, 4.69) is 43.0 Å². The van der Waals surface area contributed by atoms with Gasteiger partial charge in [-0.15, -0.1) is 16.4 Å². The molecule has 41 heavy (non-hydrogen) atoms. The molecule has 2 N–H and O–H groups in total. The van der Waals surface area contributed by atoms with Crippen molar-refractivity contribution in [3.8, 4) is 6.07 Å². The highest BCUT2D eigenvalue weighted by Crippen LogP contribution is 2.37. The van der Waals surface area contributed by atoms with Gasteiger partial charge in [-0.3, -0.25) is 4.98 Å². The van der Waals surface area contributed by atoms with E-state index in [1.807, 2.05) is 48.4 Å². The van der Waals surface area contributed by atoms with Crippen molar-refractivity contribution in [2.24, 2.45) is 0 Å². The summed E-state index contributed by atoms with van der Waals surface area (Å²) in [7, 11) is 0. The molecule has 0 aliphatic heterocycles. The molecule has 204 valence electrons. The fourth-order valence-electron chi connectivity index (χ4n) is 4.50. The van der Waals surface area contributed by atoms with Gasteiger partial charge in [-0.25, -0.2) is 14.1 Å². The molecule has 8 nitrogen and oxygen atoms in total. The summed E-state index contributed by atoms with van der Waals surface area (Å²) in [5.74, 6) is -0.538. The summed E-state index contributed by atoms with van der Waals surface area (Å²) in [5.41, 5.74) is 6.88. The second-order valence-corrected chi connectivity index (χ2v) is 11.3. The summed E-state index contributed by atoms with van der Waals surface area (Å²) in [4.78, 5) is 8.83. The summed E-state index contributed by atoms with van der Waals surface area (Å²) in [6.07, 6.45) is 3.37. The lowest BCUT2D eigenvalue weighted by atomic mass is 10.0. The molecule has 0 fully saturated rings. The predicted molar refractivity (Wildman–Crippen MR) is 162 cm³/mol. The first-order valence-corrected chi connectivity index (χ1v) is 14.2. The van der Waals surface area contributed by atoms with Crippen molar-refractivity contribution in [1.29, 1.82) is 5.26 Å². The van der Waals surface area contributed by atoms with Crippen LogP contribution < -0.4 is 10.6 Å². The fraction of sp³-hybridized carbons (Fsp3) is 0.138. The Morgan fingerprint density at radius 2 is 1.85 bits per heavy atom. The molecule has 0 spiro atoms. The predicted octanol–water partition coefficient (Wildman–Crippen LogP) is 8.28. The maximum atomic E-state index is 13.8. The van der Waals surface area contributed by atoms with Gasteiger partial charge in [-0.05, 0) is 61.9 Å². The molecule has 3 aromatic heterocycles. The molecular formula is C29H21Cl2FN8S. The Balaban J connectivity index is 1.47. The second kappa shape index (κ2) is 10.9. The largest absolute Gasteiger partial charge is 0.373 e. The van der Waals surface area contributed by atoms with E-state index in [0.29, 0.717) is 38.6 Å². The van der Waals surface area contributed by atoms with E-state index in [0.717, 1.165) is 21.5 Å². The Morgan fingerprint density at radius 3 is 2.61 bits per heavy atom. The highest BCUT2D eigenvalue weighted by Gasteiger charge is 2.21. The number of anilines is 3. The number of benzene rings is 3. The number of halogens is 3. The first-order valence-electron chi connectivity index (χ1n) is 12.6. The topological polar surface area (TPSA) is 104 Å². The molecule has 0 unspecified atom stereocenters. The zero-order valence-electron chi connectivity index (χ0n) is 21.7. The van der Waals surface area contributed by atoms with Gasteiger partial charge in [0.25, 0.3) is 0 Å². The van der Waals surface area contributed by atoms with Crippen molar-refractivity contribution in [2.45, 2.75) is 25.9 Å². The van der Waals surface area contributed by atoms with Gasteiger partial charge in [0, 0.05) is 29.0 Å². The number of fused-ring (bicyclic) bond motifs is 2. The number of aromatic nitrogens is 5. The molecule has 6 rings (SSSR count). The molecule has 6 aromatic rings. The maximum Gasteiger partial charge on any atom is 0.141 e. The van der Waals surface area contributed by atoms with Gasteiger partial charge in [0.1, 0.15) is 17.6 Å². The lowest BCUT2D eigenvalue weighted by Crippen LogP contribution is -2.13. The minimum absolute atomic E-state index is 0.0394. The number of nitrogens with one attached hydrogen (secondary N) is 2. The van der Waals surface area contributed by atoms with E-state index in [4.69, 9.17) is 23.2 Å². The first kappa shape index (κ1) is 26.9. The Bertz CT molecular complexity index is 1960. The van der Waals surface area contributed by atoms with Gasteiger partial charge in [-0.2, -0.15) is 5.26 Å². The summed E-state index contributed by atoms with van der Waals surface area (Å²) in [5, 5.41) is 26.4. The number of nitriles is 1. The van der Waals surface area contributed by atoms with E-state index in [1.165, 1.54) is 18.3 Å². The smallest absolute Gasteiger partial charge is 0.141 e. The molecule has 0 aliphatic carbocycles. The number of hydrogen-bond donors (Lipinski definition) is 2. The van der Waals surface area contributed by atoms with Crippen molar-refractivity contribution in [3.63, 3.8) is 0 Å². The monoisotopic (exact) mass is 602 g/mol. The summed E-state index contributed by atoms with van der Waals surface area (Å²) in [6, 6.07) is 15.9. The quantitative estimate of drug-likeness (QED) is 0.189. The fourth-order valence-corrected chi connectivity index (χ4v) is 5.68. The van der Waals surface area contributed by atoms with Crippen LogP contribution in [-0.4, -0.2) is 25.0 Å². The van der Waals surface area contributed by atoms with Gasteiger partial charge in [0.05, 0.1) is 54.8 Å². The lowest BCUT2D eigenvalue weighted by molar-refractivity contribution is 0.514. The lowest BCUT2D eigenvalue weighted by Gasteiger charge is -2.20. The van der Waals surface area contributed by atoms with Gasteiger partial charge >= 0.3 is 0 Å². The summed E-state index contributed by atoms with van der Waals surface area (Å²) >= 11 is 14.3. The van der Waals surface area contributed by atoms with Crippen LogP contribution in [0.5, 0.6) is 0 Å². The van der Waals surface area contributed by atoms with Crippen LogP contribution in [0.1, 0.15) is 42.8 Å². The number of nitrogens with zero attached hydrogens (tertiary/aromatic N) is 6. The minimum Gasteiger partial charge on any atom is -0.373 e. The normalized spacial score (nSPS) is 12.1. The zero-order valence-corrected chi connectivity index (χ0v) is 24.1. The molecule has 0 amide bonds. The van der Waals surface area contributed by atoms with Gasteiger partial charge < -0.3 is 10.6 Å². The van der Waals surface area contributed by atoms with E-state index >= 15 is 0 Å². The highest BCUT2D eigenvalue weighted by atomic mass is 35.5. The number of thiazole rings is 1. The maximum absolute atomic E-state index is 13.8. The SMILES string of the molecule is CC(C)n1cc([C@@H](Nc2cc(Cl)c3ncc(C#N)c(Nc4ccc(F)c(Cl)c4)c3c2)c2ccc3ncsc3c2)nn1. The van der Waals surface area contributed by atoms with E-state index in [-0.39, 0.29) is 17.1 Å². The van der Waals surface area contributed by atoms with Crippen LogP contribution >= 0.6 is 34.5 Å². The van der Waals surface area contributed by atoms with Crippen LogP contribution in [0.15, 0.2) is 66.4 Å². The van der Waals surface area contributed by atoms with Crippen LogP contribution in [0.3, 0.4) is 0 Å². The van der Waals surface area contributed by atoms with Gasteiger partial charge in [-0.1, -0.05) is 34.5 Å². The molecule has 12 heteroatoms. The zero-order chi connectivity index (χ0) is 28.7. The van der Waals surface area contributed by atoms with Crippen molar-refractivity contribution in [1.82, 2.24) is 25.0 Å². The molecule has 3 aromatic carbocycles. The highest BCUT2D eigenvalue weighted by molar-refractivity contribution is 7.16. The Morgan fingerprint density at radius 1 is 1.02 bits per heavy atom. The third kappa shape index (κ3) is 5.27.